The second kappa shape index (κ2) is 6.55. The molecule has 104 valence electrons. The standard InChI is InChI=1S/C11H16N4O3S/c16-7-12-8(11(17)18)5-19-6-10-14-13-9-3-1-2-4-15(9)10/h7-8H,1-6H2,(H,12,16)(H,17,18). The minimum absolute atomic E-state index is 0.316. The highest BCUT2D eigenvalue weighted by molar-refractivity contribution is 7.98. The lowest BCUT2D eigenvalue weighted by atomic mass is 10.2. The maximum atomic E-state index is 10.8. The van der Waals surface area contributed by atoms with Crippen LogP contribution in [0.25, 0.3) is 0 Å². The van der Waals surface area contributed by atoms with E-state index >= 15 is 0 Å². The Kier molecular flexibility index (Phi) is 4.78. The van der Waals surface area contributed by atoms with Gasteiger partial charge in [-0.05, 0) is 12.8 Å². The summed E-state index contributed by atoms with van der Waals surface area (Å²) in [5.41, 5.74) is 0. The van der Waals surface area contributed by atoms with E-state index in [1.807, 2.05) is 0 Å². The lowest BCUT2D eigenvalue weighted by molar-refractivity contribution is -0.139. The fourth-order valence-corrected chi connectivity index (χ4v) is 3.00. The number of carboxylic acids is 1. The molecule has 0 saturated heterocycles. The molecule has 2 N–H and O–H groups in total. The molecule has 1 aliphatic heterocycles. The highest BCUT2D eigenvalue weighted by Crippen LogP contribution is 2.18. The van der Waals surface area contributed by atoms with Crippen molar-refractivity contribution in [3.63, 3.8) is 0 Å². The number of rotatable bonds is 7. The van der Waals surface area contributed by atoms with E-state index in [0.29, 0.717) is 17.9 Å². The van der Waals surface area contributed by atoms with Crippen LogP contribution < -0.4 is 5.32 Å². The quantitative estimate of drug-likeness (QED) is 0.687. The lowest BCUT2D eigenvalue weighted by Gasteiger charge is -2.15. The molecule has 0 fully saturated rings. The minimum atomic E-state index is -1.03. The normalized spacial score (nSPS) is 15.6. The van der Waals surface area contributed by atoms with Gasteiger partial charge in [0.15, 0.2) is 0 Å². The number of carbonyl (C=O) groups excluding carboxylic acids is 1. The summed E-state index contributed by atoms with van der Waals surface area (Å²) in [5.74, 6) is 1.80. The third kappa shape index (κ3) is 3.46. The van der Waals surface area contributed by atoms with Crippen molar-refractivity contribution >= 4 is 24.1 Å². The minimum Gasteiger partial charge on any atom is -0.480 e. The van der Waals surface area contributed by atoms with Crippen LogP contribution in [0, 0.1) is 0 Å². The highest BCUT2D eigenvalue weighted by atomic mass is 32.2. The SMILES string of the molecule is O=CNC(CSCc1nnc2n1CCCC2)C(=O)O. The maximum absolute atomic E-state index is 10.8. The zero-order chi connectivity index (χ0) is 13.7. The van der Waals surface area contributed by atoms with Gasteiger partial charge in [-0.25, -0.2) is 4.79 Å². The number of hydrogen-bond donors (Lipinski definition) is 2. The highest BCUT2D eigenvalue weighted by Gasteiger charge is 2.18. The Morgan fingerprint density at radius 3 is 3.11 bits per heavy atom. The number of fused-ring (bicyclic) bond motifs is 1. The largest absolute Gasteiger partial charge is 0.480 e. The summed E-state index contributed by atoms with van der Waals surface area (Å²) >= 11 is 1.43. The molecular weight excluding hydrogens is 268 g/mol. The predicted molar refractivity (Wildman–Crippen MR) is 69.7 cm³/mol. The summed E-state index contributed by atoms with van der Waals surface area (Å²) in [6.45, 7) is 0.938. The molecule has 2 rings (SSSR count). The van der Waals surface area contributed by atoms with Crippen LogP contribution in [0.2, 0.25) is 0 Å². The smallest absolute Gasteiger partial charge is 0.327 e. The molecule has 19 heavy (non-hydrogen) atoms. The van der Waals surface area contributed by atoms with Crippen LogP contribution in [0.4, 0.5) is 0 Å². The first-order chi connectivity index (χ1) is 9.22. The molecule has 1 aliphatic rings. The van der Waals surface area contributed by atoms with Crippen LogP contribution in [-0.4, -0.2) is 44.0 Å². The van der Waals surface area contributed by atoms with Gasteiger partial charge in [0.25, 0.3) is 0 Å². The number of nitrogens with one attached hydrogen (secondary N) is 1. The third-order valence-corrected chi connectivity index (χ3v) is 4.05. The van der Waals surface area contributed by atoms with E-state index in [9.17, 15) is 9.59 Å². The molecule has 1 aromatic heterocycles. The summed E-state index contributed by atoms with van der Waals surface area (Å²) in [6.07, 6.45) is 3.66. The molecule has 0 spiro atoms. The number of hydrogen-bond acceptors (Lipinski definition) is 5. The van der Waals surface area contributed by atoms with Crippen molar-refractivity contribution in [3.05, 3.63) is 11.6 Å². The van der Waals surface area contributed by atoms with Gasteiger partial charge in [0.2, 0.25) is 6.41 Å². The molecule has 0 bridgehead atoms. The van der Waals surface area contributed by atoms with Gasteiger partial charge in [-0.15, -0.1) is 10.2 Å². The molecule has 1 aromatic rings. The van der Waals surface area contributed by atoms with E-state index < -0.39 is 12.0 Å². The number of aromatic nitrogens is 3. The van der Waals surface area contributed by atoms with Crippen molar-refractivity contribution in [2.45, 2.75) is 37.6 Å². The van der Waals surface area contributed by atoms with Crippen molar-refractivity contribution < 1.29 is 14.7 Å². The Morgan fingerprint density at radius 2 is 2.37 bits per heavy atom. The molecule has 1 atom stereocenters. The fourth-order valence-electron chi connectivity index (χ4n) is 2.02. The molecule has 0 radical (unpaired) electrons. The first kappa shape index (κ1) is 13.9. The van der Waals surface area contributed by atoms with Gasteiger partial charge < -0.3 is 15.0 Å². The molecule has 0 aromatic carbocycles. The van der Waals surface area contributed by atoms with Gasteiger partial charge >= 0.3 is 5.97 Å². The van der Waals surface area contributed by atoms with Crippen molar-refractivity contribution in [3.8, 4) is 0 Å². The Balaban J connectivity index is 1.87. The van der Waals surface area contributed by atoms with Crippen LogP contribution in [0.1, 0.15) is 24.5 Å². The number of carboxylic acid groups (broad SMARTS) is 1. The number of carbonyl (C=O) groups is 2. The van der Waals surface area contributed by atoms with Crippen molar-refractivity contribution in [1.29, 1.82) is 0 Å². The molecular formula is C11H16N4O3S. The Hall–Kier alpha value is -1.57. The zero-order valence-electron chi connectivity index (χ0n) is 10.4. The summed E-state index contributed by atoms with van der Waals surface area (Å²) in [6, 6.07) is -0.855. The fraction of sp³-hybridized carbons (Fsp3) is 0.636. The molecule has 0 aliphatic carbocycles. The van der Waals surface area contributed by atoms with Gasteiger partial charge in [-0.1, -0.05) is 0 Å². The predicted octanol–water partition coefficient (Wildman–Crippen LogP) is 0.0468. The van der Waals surface area contributed by atoms with E-state index in [4.69, 9.17) is 5.11 Å². The summed E-state index contributed by atoms with van der Waals surface area (Å²) in [4.78, 5) is 21.1. The average Bonchev–Trinajstić information content (AvgIpc) is 2.81. The average molecular weight is 284 g/mol. The van der Waals surface area contributed by atoms with E-state index in [1.165, 1.54) is 11.8 Å². The van der Waals surface area contributed by atoms with E-state index in [2.05, 4.69) is 20.1 Å². The first-order valence-electron chi connectivity index (χ1n) is 6.13. The number of amides is 1. The molecule has 1 amide bonds. The van der Waals surface area contributed by atoms with Gasteiger partial charge in [0.1, 0.15) is 17.7 Å². The van der Waals surface area contributed by atoms with Crippen molar-refractivity contribution in [2.24, 2.45) is 0 Å². The van der Waals surface area contributed by atoms with Crippen molar-refractivity contribution in [1.82, 2.24) is 20.1 Å². The molecule has 8 heteroatoms. The Morgan fingerprint density at radius 1 is 1.53 bits per heavy atom. The van der Waals surface area contributed by atoms with Crippen LogP contribution in [-0.2, 0) is 28.3 Å². The first-order valence-corrected chi connectivity index (χ1v) is 7.29. The molecule has 7 nitrogen and oxygen atoms in total. The van der Waals surface area contributed by atoms with Crippen LogP contribution in [0.5, 0.6) is 0 Å². The van der Waals surface area contributed by atoms with Crippen molar-refractivity contribution in [2.75, 3.05) is 5.75 Å². The number of aryl methyl sites for hydroxylation is 1. The van der Waals surface area contributed by atoms with Gasteiger partial charge in [0.05, 0.1) is 5.75 Å². The maximum Gasteiger partial charge on any atom is 0.327 e. The van der Waals surface area contributed by atoms with Crippen LogP contribution in [0.3, 0.4) is 0 Å². The van der Waals surface area contributed by atoms with E-state index in [0.717, 1.165) is 37.5 Å². The Labute approximate surface area is 114 Å². The molecule has 2 heterocycles. The molecule has 0 saturated carbocycles. The van der Waals surface area contributed by atoms with Crippen LogP contribution in [0.15, 0.2) is 0 Å². The second-order valence-electron chi connectivity index (χ2n) is 4.33. The second-order valence-corrected chi connectivity index (χ2v) is 5.36. The van der Waals surface area contributed by atoms with E-state index in [1.54, 1.807) is 0 Å². The lowest BCUT2D eigenvalue weighted by Crippen LogP contribution is -2.37. The zero-order valence-corrected chi connectivity index (χ0v) is 11.2. The molecule has 1 unspecified atom stereocenters. The number of aliphatic carboxylic acids is 1. The van der Waals surface area contributed by atoms with Gasteiger partial charge in [0, 0.05) is 18.7 Å². The topological polar surface area (TPSA) is 97.1 Å². The summed E-state index contributed by atoms with van der Waals surface area (Å²) in [5, 5.41) is 19.4. The Bertz CT molecular complexity index is 463. The van der Waals surface area contributed by atoms with Gasteiger partial charge in [-0.2, -0.15) is 11.8 Å². The number of thioether (sulfide) groups is 1. The number of nitrogens with zero attached hydrogens (tertiary/aromatic N) is 3. The van der Waals surface area contributed by atoms with Gasteiger partial charge in [-0.3, -0.25) is 4.79 Å². The third-order valence-electron chi connectivity index (χ3n) is 3.02. The van der Waals surface area contributed by atoms with Crippen LogP contribution >= 0.6 is 11.8 Å². The van der Waals surface area contributed by atoms with E-state index in [-0.39, 0.29) is 0 Å². The monoisotopic (exact) mass is 284 g/mol. The summed E-state index contributed by atoms with van der Waals surface area (Å²) in [7, 11) is 0. The summed E-state index contributed by atoms with van der Waals surface area (Å²) < 4.78 is 2.11.